The minimum atomic E-state index is -0.518. The van der Waals surface area contributed by atoms with E-state index in [1.807, 2.05) is 36.6 Å². The lowest BCUT2D eigenvalue weighted by Crippen LogP contribution is -2.05. The molecule has 0 aliphatic carbocycles. The molecule has 10 nitrogen and oxygen atoms in total. The van der Waals surface area contributed by atoms with E-state index in [0.29, 0.717) is 22.3 Å². The summed E-state index contributed by atoms with van der Waals surface area (Å²) in [6, 6.07) is 12.3. The summed E-state index contributed by atoms with van der Waals surface area (Å²) in [7, 11) is 1.42. The van der Waals surface area contributed by atoms with Gasteiger partial charge in [-0.1, -0.05) is 30.0 Å². The number of para-hydroxylation sites is 1. The van der Waals surface area contributed by atoms with E-state index < -0.39 is 4.92 Å². The number of hydrogen-bond donors (Lipinski definition) is 0. The Balaban J connectivity index is 1.91. The SMILES string of the molecule is CCOc1c(OC)cc(/C=N\n2c(COc3ccccc3)nnc2SC)cc1[N+](=O)[O-]. The smallest absolute Gasteiger partial charge is 0.315 e. The maximum Gasteiger partial charge on any atom is 0.315 e. The molecule has 0 amide bonds. The van der Waals surface area contributed by atoms with Crippen molar-refractivity contribution in [2.45, 2.75) is 18.7 Å². The Morgan fingerprint density at radius 3 is 2.65 bits per heavy atom. The van der Waals surface area contributed by atoms with Crippen molar-refractivity contribution in [3.63, 3.8) is 0 Å². The van der Waals surface area contributed by atoms with Crippen LogP contribution < -0.4 is 14.2 Å². The number of methoxy groups -OCH3 is 1. The van der Waals surface area contributed by atoms with Gasteiger partial charge in [-0.05, 0) is 31.4 Å². The third-order valence-corrected chi connectivity index (χ3v) is 4.68. The highest BCUT2D eigenvalue weighted by Gasteiger charge is 2.22. The Hall–Kier alpha value is -3.60. The molecule has 0 bridgehead atoms. The summed E-state index contributed by atoms with van der Waals surface area (Å²) in [5.74, 6) is 1.51. The predicted molar refractivity (Wildman–Crippen MR) is 116 cm³/mol. The van der Waals surface area contributed by atoms with Crippen LogP contribution in [0.2, 0.25) is 0 Å². The van der Waals surface area contributed by atoms with Crippen LogP contribution in [0.1, 0.15) is 18.3 Å². The molecule has 11 heteroatoms. The number of rotatable bonds is 10. The summed E-state index contributed by atoms with van der Waals surface area (Å²) in [6.45, 7) is 2.17. The molecule has 0 saturated carbocycles. The molecule has 0 radical (unpaired) electrons. The lowest BCUT2D eigenvalue weighted by Gasteiger charge is -2.10. The lowest BCUT2D eigenvalue weighted by atomic mass is 10.2. The van der Waals surface area contributed by atoms with Gasteiger partial charge in [0.1, 0.15) is 12.4 Å². The van der Waals surface area contributed by atoms with Crippen LogP contribution in [0.3, 0.4) is 0 Å². The third kappa shape index (κ3) is 5.31. The number of nitro benzene ring substituents is 1. The van der Waals surface area contributed by atoms with Gasteiger partial charge in [-0.25, -0.2) is 0 Å². The van der Waals surface area contributed by atoms with Gasteiger partial charge in [0.05, 0.1) is 24.9 Å². The summed E-state index contributed by atoms with van der Waals surface area (Å²) in [6.07, 6.45) is 3.32. The van der Waals surface area contributed by atoms with Crippen molar-refractivity contribution in [3.05, 3.63) is 64.0 Å². The molecule has 0 aliphatic rings. The number of aromatic nitrogens is 3. The average Bonchev–Trinajstić information content (AvgIpc) is 3.19. The Morgan fingerprint density at radius 1 is 1.23 bits per heavy atom. The molecule has 1 heterocycles. The van der Waals surface area contributed by atoms with Crippen molar-refractivity contribution in [3.8, 4) is 17.2 Å². The minimum absolute atomic E-state index is 0.0817. The molecular weight excluding hydrogens is 422 g/mol. The highest BCUT2D eigenvalue weighted by atomic mass is 32.2. The predicted octanol–water partition coefficient (Wildman–Crippen LogP) is 3.78. The molecule has 31 heavy (non-hydrogen) atoms. The Bertz CT molecular complexity index is 1070. The van der Waals surface area contributed by atoms with E-state index in [1.54, 1.807) is 13.0 Å². The second-order valence-corrected chi connectivity index (χ2v) is 6.80. The number of benzene rings is 2. The normalized spacial score (nSPS) is 10.9. The first-order valence-corrected chi connectivity index (χ1v) is 10.5. The Morgan fingerprint density at radius 2 is 2.00 bits per heavy atom. The summed E-state index contributed by atoms with van der Waals surface area (Å²) in [4.78, 5) is 11.0. The van der Waals surface area contributed by atoms with Crippen LogP contribution in [-0.2, 0) is 6.61 Å². The summed E-state index contributed by atoms with van der Waals surface area (Å²) in [5.41, 5.74) is 0.256. The van der Waals surface area contributed by atoms with Crippen LogP contribution in [0.5, 0.6) is 17.2 Å². The van der Waals surface area contributed by atoms with Gasteiger partial charge in [-0.2, -0.15) is 9.78 Å². The Kier molecular flexibility index (Phi) is 7.44. The maximum atomic E-state index is 11.5. The second kappa shape index (κ2) is 10.4. The average molecular weight is 443 g/mol. The highest BCUT2D eigenvalue weighted by molar-refractivity contribution is 7.98. The number of hydrogen-bond acceptors (Lipinski definition) is 9. The van der Waals surface area contributed by atoms with Gasteiger partial charge in [-0.15, -0.1) is 10.2 Å². The van der Waals surface area contributed by atoms with E-state index in [9.17, 15) is 10.1 Å². The molecule has 0 aliphatic heterocycles. The van der Waals surface area contributed by atoms with E-state index in [2.05, 4.69) is 15.3 Å². The fourth-order valence-corrected chi connectivity index (χ4v) is 3.13. The molecular formula is C20H21N5O5S. The van der Waals surface area contributed by atoms with E-state index in [-0.39, 0.29) is 30.4 Å². The van der Waals surface area contributed by atoms with E-state index >= 15 is 0 Å². The van der Waals surface area contributed by atoms with E-state index in [4.69, 9.17) is 14.2 Å². The van der Waals surface area contributed by atoms with Gasteiger partial charge in [0, 0.05) is 11.6 Å². The molecule has 3 aromatic rings. The van der Waals surface area contributed by atoms with Gasteiger partial charge < -0.3 is 14.2 Å². The van der Waals surface area contributed by atoms with Crippen LogP contribution in [0.15, 0.2) is 52.7 Å². The largest absolute Gasteiger partial charge is 0.493 e. The van der Waals surface area contributed by atoms with Crippen molar-refractivity contribution in [1.29, 1.82) is 0 Å². The first-order valence-electron chi connectivity index (χ1n) is 9.27. The maximum absolute atomic E-state index is 11.5. The number of nitro groups is 1. The van der Waals surface area contributed by atoms with Gasteiger partial charge in [0.25, 0.3) is 0 Å². The fourth-order valence-electron chi connectivity index (χ4n) is 2.68. The highest BCUT2D eigenvalue weighted by Crippen LogP contribution is 2.38. The monoisotopic (exact) mass is 443 g/mol. The van der Waals surface area contributed by atoms with Crippen LogP contribution in [0.4, 0.5) is 5.69 Å². The molecule has 0 saturated heterocycles. The molecule has 2 aromatic carbocycles. The van der Waals surface area contributed by atoms with Crippen molar-refractivity contribution < 1.29 is 19.1 Å². The topological polar surface area (TPSA) is 114 Å². The fraction of sp³-hybridized carbons (Fsp3) is 0.250. The second-order valence-electron chi connectivity index (χ2n) is 6.02. The van der Waals surface area contributed by atoms with Crippen molar-refractivity contribution in [2.75, 3.05) is 20.0 Å². The van der Waals surface area contributed by atoms with Crippen molar-refractivity contribution >= 4 is 23.7 Å². The number of nitrogens with zero attached hydrogens (tertiary/aromatic N) is 5. The molecule has 0 unspecified atom stereocenters. The van der Waals surface area contributed by atoms with Gasteiger partial charge in [0.2, 0.25) is 10.9 Å². The third-order valence-electron chi connectivity index (χ3n) is 4.06. The van der Waals surface area contributed by atoms with Gasteiger partial charge >= 0.3 is 5.69 Å². The number of ether oxygens (including phenoxy) is 3. The summed E-state index contributed by atoms with van der Waals surface area (Å²) < 4.78 is 17.9. The lowest BCUT2D eigenvalue weighted by molar-refractivity contribution is -0.385. The summed E-state index contributed by atoms with van der Waals surface area (Å²) >= 11 is 1.36. The van der Waals surface area contributed by atoms with E-state index in [0.717, 1.165) is 0 Å². The minimum Gasteiger partial charge on any atom is -0.493 e. The molecule has 3 rings (SSSR count). The van der Waals surface area contributed by atoms with Gasteiger partial charge in [-0.3, -0.25) is 10.1 Å². The van der Waals surface area contributed by atoms with E-state index in [1.165, 1.54) is 35.8 Å². The molecule has 162 valence electrons. The van der Waals surface area contributed by atoms with Crippen molar-refractivity contribution in [1.82, 2.24) is 14.9 Å². The van der Waals surface area contributed by atoms with Crippen LogP contribution in [0.25, 0.3) is 0 Å². The molecule has 0 atom stereocenters. The zero-order valence-corrected chi connectivity index (χ0v) is 18.0. The molecule has 1 aromatic heterocycles. The molecule has 0 N–H and O–H groups in total. The van der Waals surface area contributed by atoms with Crippen molar-refractivity contribution in [2.24, 2.45) is 5.10 Å². The Labute approximate surface area is 183 Å². The first-order chi connectivity index (χ1) is 15.1. The number of thioether (sulfide) groups is 1. The summed E-state index contributed by atoms with van der Waals surface area (Å²) in [5, 5.41) is 24.7. The van der Waals surface area contributed by atoms with Crippen LogP contribution >= 0.6 is 11.8 Å². The van der Waals surface area contributed by atoms with Gasteiger partial charge in [0.15, 0.2) is 11.6 Å². The molecule has 0 fully saturated rings. The van der Waals surface area contributed by atoms with Crippen LogP contribution in [0, 0.1) is 10.1 Å². The molecule has 0 spiro atoms. The standard InChI is InChI=1S/C20H21N5O5S/c1-4-29-19-16(25(26)27)10-14(11-17(19)28-2)12-21-24-18(22-23-20(24)31-3)13-30-15-8-6-5-7-9-15/h5-12H,4,13H2,1-3H3/b21-12-. The first kappa shape index (κ1) is 22.1. The van der Waals surface area contributed by atoms with Crippen LogP contribution in [-0.4, -0.2) is 46.0 Å². The zero-order chi connectivity index (χ0) is 22.2. The zero-order valence-electron chi connectivity index (χ0n) is 17.2. The quantitative estimate of drug-likeness (QED) is 0.201.